The third-order valence-corrected chi connectivity index (χ3v) is 3.30. The maximum atomic E-state index is 12.1. The number of carbonyl (C=O) groups is 2. The largest absolute Gasteiger partial charge is 0.481 e. The zero-order chi connectivity index (χ0) is 13.7. The number of aromatic nitrogens is 1. The van der Waals surface area contributed by atoms with Crippen molar-refractivity contribution in [3.8, 4) is 0 Å². The van der Waals surface area contributed by atoms with Crippen molar-refractivity contribution in [2.45, 2.75) is 19.4 Å². The van der Waals surface area contributed by atoms with E-state index in [0.717, 1.165) is 5.56 Å². The molecule has 0 aliphatic heterocycles. The summed E-state index contributed by atoms with van der Waals surface area (Å²) in [7, 11) is 0. The van der Waals surface area contributed by atoms with Gasteiger partial charge in [0, 0.05) is 18.9 Å². The average molecular weight is 260 g/mol. The van der Waals surface area contributed by atoms with Gasteiger partial charge in [-0.2, -0.15) is 0 Å². The summed E-state index contributed by atoms with van der Waals surface area (Å²) in [5.41, 5.74) is 0.946. The van der Waals surface area contributed by atoms with Crippen molar-refractivity contribution in [2.75, 3.05) is 0 Å². The second-order valence-electron chi connectivity index (χ2n) is 4.57. The fourth-order valence-electron chi connectivity index (χ4n) is 2.20. The summed E-state index contributed by atoms with van der Waals surface area (Å²) in [6, 6.07) is 3.63. The molecular formula is C14H16N2O3. The molecule has 0 saturated heterocycles. The molecule has 2 atom stereocenters. The standard InChI is InChI=1S/C14H16N2O3/c17-13(16-9-10-5-7-15-8-6-10)11-3-1-2-4-12(11)14(18)19/h1-2,5-8,11-12H,3-4,9H2,(H,16,17)(H,18,19)/t11-,12+/m1/s1. The van der Waals surface area contributed by atoms with Gasteiger partial charge in [0.1, 0.15) is 0 Å². The lowest BCUT2D eigenvalue weighted by atomic mass is 9.82. The molecule has 2 rings (SSSR count). The molecule has 1 amide bonds. The summed E-state index contributed by atoms with van der Waals surface area (Å²) < 4.78 is 0. The molecule has 5 nitrogen and oxygen atoms in total. The highest BCUT2D eigenvalue weighted by Gasteiger charge is 2.33. The topological polar surface area (TPSA) is 79.3 Å². The Labute approximate surface area is 111 Å². The minimum atomic E-state index is -0.909. The Morgan fingerprint density at radius 2 is 1.84 bits per heavy atom. The van der Waals surface area contributed by atoms with Crippen molar-refractivity contribution in [1.29, 1.82) is 0 Å². The predicted octanol–water partition coefficient (Wildman–Crippen LogP) is 1.36. The molecule has 1 aromatic heterocycles. The first-order valence-electron chi connectivity index (χ1n) is 6.23. The van der Waals surface area contributed by atoms with Gasteiger partial charge in [0.15, 0.2) is 0 Å². The SMILES string of the molecule is O=C(O)[C@H]1CC=CC[C@H]1C(=O)NCc1ccncc1. The minimum absolute atomic E-state index is 0.200. The number of nitrogens with one attached hydrogen (secondary N) is 1. The van der Waals surface area contributed by atoms with E-state index < -0.39 is 17.8 Å². The van der Waals surface area contributed by atoms with Crippen LogP contribution in [0.4, 0.5) is 0 Å². The molecule has 1 aromatic rings. The first-order valence-corrected chi connectivity index (χ1v) is 6.23. The quantitative estimate of drug-likeness (QED) is 0.801. The Balaban J connectivity index is 1.95. The van der Waals surface area contributed by atoms with Crippen molar-refractivity contribution in [3.63, 3.8) is 0 Å². The number of amides is 1. The zero-order valence-corrected chi connectivity index (χ0v) is 10.5. The maximum absolute atomic E-state index is 12.1. The van der Waals surface area contributed by atoms with E-state index >= 15 is 0 Å². The number of nitrogens with zero attached hydrogens (tertiary/aromatic N) is 1. The molecule has 1 aliphatic rings. The number of carboxylic acid groups (broad SMARTS) is 1. The molecular weight excluding hydrogens is 244 g/mol. The van der Waals surface area contributed by atoms with E-state index in [2.05, 4.69) is 10.3 Å². The van der Waals surface area contributed by atoms with E-state index in [-0.39, 0.29) is 5.91 Å². The molecule has 19 heavy (non-hydrogen) atoms. The van der Waals surface area contributed by atoms with Crippen LogP contribution in [-0.4, -0.2) is 22.0 Å². The van der Waals surface area contributed by atoms with Gasteiger partial charge in [-0.15, -0.1) is 0 Å². The highest BCUT2D eigenvalue weighted by Crippen LogP contribution is 2.26. The van der Waals surface area contributed by atoms with Crippen LogP contribution >= 0.6 is 0 Å². The van der Waals surface area contributed by atoms with E-state index in [1.165, 1.54) is 0 Å². The van der Waals surface area contributed by atoms with Crippen molar-refractivity contribution < 1.29 is 14.7 Å². The fraction of sp³-hybridized carbons (Fsp3) is 0.357. The Morgan fingerprint density at radius 3 is 2.47 bits per heavy atom. The van der Waals surface area contributed by atoms with Crippen LogP contribution in [0.15, 0.2) is 36.7 Å². The number of allylic oxidation sites excluding steroid dienone is 2. The molecule has 1 heterocycles. The monoisotopic (exact) mass is 260 g/mol. The smallest absolute Gasteiger partial charge is 0.307 e. The lowest BCUT2D eigenvalue weighted by molar-refractivity contribution is -0.147. The van der Waals surface area contributed by atoms with Gasteiger partial charge < -0.3 is 10.4 Å². The lowest BCUT2D eigenvalue weighted by Crippen LogP contribution is -2.38. The summed E-state index contributed by atoms with van der Waals surface area (Å²) in [6.45, 7) is 0.397. The number of pyridine rings is 1. The zero-order valence-electron chi connectivity index (χ0n) is 10.5. The first-order chi connectivity index (χ1) is 9.18. The van der Waals surface area contributed by atoms with Gasteiger partial charge in [-0.25, -0.2) is 0 Å². The van der Waals surface area contributed by atoms with E-state index in [4.69, 9.17) is 5.11 Å². The summed E-state index contributed by atoms with van der Waals surface area (Å²) >= 11 is 0. The van der Waals surface area contributed by atoms with Crippen LogP contribution in [0, 0.1) is 11.8 Å². The van der Waals surface area contributed by atoms with Crippen LogP contribution in [0.25, 0.3) is 0 Å². The third-order valence-electron chi connectivity index (χ3n) is 3.30. The van der Waals surface area contributed by atoms with Crippen molar-refractivity contribution in [3.05, 3.63) is 42.2 Å². The molecule has 0 saturated carbocycles. The van der Waals surface area contributed by atoms with Crippen LogP contribution in [0.1, 0.15) is 18.4 Å². The normalized spacial score (nSPS) is 21.9. The van der Waals surface area contributed by atoms with Crippen molar-refractivity contribution in [1.82, 2.24) is 10.3 Å². The predicted molar refractivity (Wildman–Crippen MR) is 69.1 cm³/mol. The van der Waals surface area contributed by atoms with Gasteiger partial charge in [-0.1, -0.05) is 12.2 Å². The van der Waals surface area contributed by atoms with Gasteiger partial charge >= 0.3 is 5.97 Å². The number of carbonyl (C=O) groups excluding carboxylic acids is 1. The first kappa shape index (κ1) is 13.3. The molecule has 2 N–H and O–H groups in total. The number of hydrogen-bond donors (Lipinski definition) is 2. The van der Waals surface area contributed by atoms with Crippen LogP contribution in [-0.2, 0) is 16.1 Å². The van der Waals surface area contributed by atoms with Gasteiger partial charge in [-0.3, -0.25) is 14.6 Å². The summed E-state index contributed by atoms with van der Waals surface area (Å²) in [6.07, 6.45) is 7.92. The number of aliphatic carboxylic acids is 1. The Bertz CT molecular complexity index is 485. The number of hydrogen-bond acceptors (Lipinski definition) is 3. The molecule has 0 aromatic carbocycles. The van der Waals surface area contributed by atoms with Crippen LogP contribution in [0.5, 0.6) is 0 Å². The second-order valence-corrected chi connectivity index (χ2v) is 4.57. The van der Waals surface area contributed by atoms with Gasteiger partial charge in [-0.05, 0) is 30.5 Å². The molecule has 0 unspecified atom stereocenters. The Morgan fingerprint density at radius 1 is 1.21 bits per heavy atom. The van der Waals surface area contributed by atoms with Crippen LogP contribution in [0.2, 0.25) is 0 Å². The van der Waals surface area contributed by atoms with Crippen molar-refractivity contribution >= 4 is 11.9 Å². The maximum Gasteiger partial charge on any atom is 0.307 e. The van der Waals surface area contributed by atoms with E-state index in [9.17, 15) is 9.59 Å². The van der Waals surface area contributed by atoms with Gasteiger partial charge in [0.25, 0.3) is 0 Å². The van der Waals surface area contributed by atoms with Crippen LogP contribution < -0.4 is 5.32 Å². The lowest BCUT2D eigenvalue weighted by Gasteiger charge is -2.24. The van der Waals surface area contributed by atoms with Gasteiger partial charge in [0.05, 0.1) is 11.8 Å². The van der Waals surface area contributed by atoms with Crippen LogP contribution in [0.3, 0.4) is 0 Å². The fourth-order valence-corrected chi connectivity index (χ4v) is 2.20. The molecule has 0 bridgehead atoms. The number of rotatable bonds is 4. The molecule has 0 radical (unpaired) electrons. The Kier molecular flexibility index (Phi) is 4.28. The third kappa shape index (κ3) is 3.40. The molecule has 100 valence electrons. The van der Waals surface area contributed by atoms with Gasteiger partial charge in [0.2, 0.25) is 5.91 Å². The van der Waals surface area contributed by atoms with E-state index in [1.54, 1.807) is 12.4 Å². The highest BCUT2D eigenvalue weighted by molar-refractivity contribution is 5.85. The summed E-state index contributed by atoms with van der Waals surface area (Å²) in [5, 5.41) is 11.9. The van der Waals surface area contributed by atoms with Crippen molar-refractivity contribution in [2.24, 2.45) is 11.8 Å². The summed E-state index contributed by atoms with van der Waals surface area (Å²) in [5.74, 6) is -2.21. The molecule has 0 spiro atoms. The average Bonchev–Trinajstić information content (AvgIpc) is 2.46. The number of carboxylic acids is 1. The molecule has 5 heteroatoms. The van der Waals surface area contributed by atoms with E-state index in [1.807, 2.05) is 24.3 Å². The van der Waals surface area contributed by atoms with E-state index in [0.29, 0.717) is 19.4 Å². The highest BCUT2D eigenvalue weighted by atomic mass is 16.4. The Hall–Kier alpha value is -2.17. The second kappa shape index (κ2) is 6.13. The molecule has 1 aliphatic carbocycles. The molecule has 0 fully saturated rings. The summed E-state index contributed by atoms with van der Waals surface area (Å²) in [4.78, 5) is 27.1. The minimum Gasteiger partial charge on any atom is -0.481 e.